The number of ether oxygens (including phenoxy) is 1. The lowest BCUT2D eigenvalue weighted by Crippen LogP contribution is -2.37. The van der Waals surface area contributed by atoms with Crippen molar-refractivity contribution >= 4 is 18.9 Å². The molecule has 0 aliphatic rings. The maximum atomic E-state index is 11.0. The number of thiophene rings is 1. The van der Waals surface area contributed by atoms with Crippen molar-refractivity contribution in [1.29, 1.82) is 0 Å². The van der Waals surface area contributed by atoms with E-state index in [2.05, 4.69) is 25.7 Å². The second-order valence-electron chi connectivity index (χ2n) is 7.39. The molecule has 7 heteroatoms. The Morgan fingerprint density at radius 1 is 1.18 bits per heavy atom. The van der Waals surface area contributed by atoms with Crippen LogP contribution in [0.5, 0.6) is 5.75 Å². The smallest absolute Gasteiger partial charge is 0.325 e. The molecule has 0 saturated carbocycles. The molecule has 1 aromatic heterocycles. The molecule has 5 nitrogen and oxygen atoms in total. The van der Waals surface area contributed by atoms with Crippen LogP contribution in [0.15, 0.2) is 30.3 Å². The third-order valence-electron chi connectivity index (χ3n) is 4.58. The predicted molar refractivity (Wildman–Crippen MR) is 115 cm³/mol. The summed E-state index contributed by atoms with van der Waals surface area (Å²) in [6.07, 6.45) is 1.54. The van der Waals surface area contributed by atoms with Crippen molar-refractivity contribution in [3.05, 3.63) is 51.2 Å². The summed E-state index contributed by atoms with van der Waals surface area (Å²) in [5, 5.41) is 0. The van der Waals surface area contributed by atoms with Crippen LogP contribution in [0.3, 0.4) is 0 Å². The fourth-order valence-electron chi connectivity index (χ4n) is 2.56. The van der Waals surface area contributed by atoms with Gasteiger partial charge in [-0.15, -0.1) is 11.3 Å². The fourth-order valence-corrected chi connectivity index (χ4v) is 4.24. The Morgan fingerprint density at radius 2 is 1.93 bits per heavy atom. The SMILES string of the molecule is Cc1ccc(OCC#Cc2ccc(CCC(C)(N)CCP(=O)(O)O)s2)cc1C. The van der Waals surface area contributed by atoms with Crippen molar-refractivity contribution < 1.29 is 19.1 Å². The molecule has 28 heavy (non-hydrogen) atoms. The van der Waals surface area contributed by atoms with Gasteiger partial charge in [-0.05, 0) is 75.4 Å². The van der Waals surface area contributed by atoms with Gasteiger partial charge in [0.25, 0.3) is 0 Å². The van der Waals surface area contributed by atoms with E-state index < -0.39 is 13.1 Å². The van der Waals surface area contributed by atoms with Gasteiger partial charge < -0.3 is 20.3 Å². The molecule has 0 radical (unpaired) electrons. The summed E-state index contributed by atoms with van der Waals surface area (Å²) in [5.74, 6) is 6.97. The van der Waals surface area contributed by atoms with Crippen molar-refractivity contribution in [3.63, 3.8) is 0 Å². The van der Waals surface area contributed by atoms with Crippen molar-refractivity contribution in [1.82, 2.24) is 0 Å². The van der Waals surface area contributed by atoms with Gasteiger partial charge in [-0.2, -0.15) is 0 Å². The molecule has 0 aliphatic heterocycles. The number of rotatable bonds is 8. The number of aryl methyl sites for hydroxylation is 3. The van der Waals surface area contributed by atoms with Crippen LogP contribution < -0.4 is 10.5 Å². The highest BCUT2D eigenvalue weighted by Gasteiger charge is 2.23. The minimum absolute atomic E-state index is 0.179. The highest BCUT2D eigenvalue weighted by molar-refractivity contribution is 7.51. The van der Waals surface area contributed by atoms with Gasteiger partial charge >= 0.3 is 7.60 Å². The van der Waals surface area contributed by atoms with Crippen LogP contribution in [0.1, 0.15) is 40.6 Å². The highest BCUT2D eigenvalue weighted by atomic mass is 32.1. The first-order valence-corrected chi connectivity index (χ1v) is 11.8. The third-order valence-corrected chi connectivity index (χ3v) is 6.45. The molecule has 0 aliphatic carbocycles. The first-order chi connectivity index (χ1) is 13.0. The van der Waals surface area contributed by atoms with Crippen LogP contribution in [-0.4, -0.2) is 28.1 Å². The van der Waals surface area contributed by atoms with Crippen molar-refractivity contribution in [3.8, 4) is 17.6 Å². The van der Waals surface area contributed by atoms with E-state index in [1.807, 2.05) is 37.3 Å². The van der Waals surface area contributed by atoms with Crippen LogP contribution >= 0.6 is 18.9 Å². The molecule has 1 heterocycles. The standard InChI is InChI=1S/C21H28NO4PS/c1-16-6-7-18(15-17(16)2)26-13-4-5-19-8-9-20(28-19)10-11-21(3,22)12-14-27(23,24)25/h6-9,15H,10-14,22H2,1-3H3,(H2,23,24,25). The van der Waals surface area contributed by atoms with Gasteiger partial charge in [0.15, 0.2) is 0 Å². The quantitative estimate of drug-likeness (QED) is 0.442. The average molecular weight is 421 g/mol. The topological polar surface area (TPSA) is 92.8 Å². The summed E-state index contributed by atoms with van der Waals surface area (Å²) in [5.41, 5.74) is 8.00. The predicted octanol–water partition coefficient (Wildman–Crippen LogP) is 4.01. The summed E-state index contributed by atoms with van der Waals surface area (Å²) < 4.78 is 16.7. The zero-order valence-corrected chi connectivity index (χ0v) is 18.3. The minimum atomic E-state index is -4.00. The molecule has 2 rings (SSSR count). The normalized spacial score (nSPS) is 13.5. The van der Waals surface area contributed by atoms with E-state index in [4.69, 9.17) is 20.3 Å². The lowest BCUT2D eigenvalue weighted by Gasteiger charge is -2.24. The van der Waals surface area contributed by atoms with E-state index in [9.17, 15) is 4.57 Å². The van der Waals surface area contributed by atoms with Crippen molar-refractivity contribution in [2.24, 2.45) is 5.73 Å². The summed E-state index contributed by atoms with van der Waals surface area (Å²) in [4.78, 5) is 20.1. The molecule has 152 valence electrons. The van der Waals surface area contributed by atoms with Gasteiger partial charge in [-0.25, -0.2) is 0 Å². The Balaban J connectivity index is 1.81. The van der Waals surface area contributed by atoms with Crippen LogP contribution in [0.25, 0.3) is 0 Å². The molecule has 0 saturated heterocycles. The number of nitrogens with two attached hydrogens (primary N) is 1. The molecule has 0 bridgehead atoms. The molecule has 0 fully saturated rings. The van der Waals surface area contributed by atoms with Crippen LogP contribution in [0.4, 0.5) is 0 Å². The van der Waals surface area contributed by atoms with E-state index in [1.54, 1.807) is 11.3 Å². The molecular weight excluding hydrogens is 393 g/mol. The Morgan fingerprint density at radius 3 is 2.61 bits per heavy atom. The molecule has 4 N–H and O–H groups in total. The lowest BCUT2D eigenvalue weighted by molar-refractivity contribution is 0.354. The fraction of sp³-hybridized carbons (Fsp3) is 0.429. The summed E-state index contributed by atoms with van der Waals surface area (Å²) >= 11 is 1.61. The number of hydrogen-bond acceptors (Lipinski definition) is 4. The molecular formula is C21H28NO4PS. The largest absolute Gasteiger partial charge is 0.481 e. The Bertz CT molecular complexity index is 905. The van der Waals surface area contributed by atoms with Gasteiger partial charge in [0, 0.05) is 10.4 Å². The summed E-state index contributed by atoms with van der Waals surface area (Å²) in [6, 6.07) is 10.00. The first kappa shape index (κ1) is 22.7. The molecule has 2 aromatic rings. The van der Waals surface area contributed by atoms with Gasteiger partial charge in [0.2, 0.25) is 0 Å². The van der Waals surface area contributed by atoms with E-state index in [0.717, 1.165) is 21.9 Å². The molecule has 0 spiro atoms. The highest BCUT2D eigenvalue weighted by Crippen LogP contribution is 2.37. The van der Waals surface area contributed by atoms with Crippen LogP contribution in [0.2, 0.25) is 0 Å². The monoisotopic (exact) mass is 421 g/mol. The van der Waals surface area contributed by atoms with Gasteiger partial charge in [-0.1, -0.05) is 17.9 Å². The summed E-state index contributed by atoms with van der Waals surface area (Å²) in [7, 11) is -4.00. The Hall–Kier alpha value is -1.61. The van der Waals surface area contributed by atoms with Gasteiger partial charge in [-0.3, -0.25) is 4.57 Å². The molecule has 0 amide bonds. The van der Waals surface area contributed by atoms with E-state index >= 15 is 0 Å². The Kier molecular flexibility index (Phi) is 7.88. The van der Waals surface area contributed by atoms with E-state index in [1.165, 1.54) is 11.1 Å². The zero-order valence-electron chi connectivity index (χ0n) is 16.6. The number of hydrogen-bond donors (Lipinski definition) is 3. The van der Waals surface area contributed by atoms with E-state index in [-0.39, 0.29) is 6.16 Å². The maximum absolute atomic E-state index is 11.0. The maximum Gasteiger partial charge on any atom is 0.325 e. The minimum Gasteiger partial charge on any atom is -0.481 e. The van der Waals surface area contributed by atoms with Gasteiger partial charge in [0.05, 0.1) is 11.0 Å². The second kappa shape index (κ2) is 9.73. The first-order valence-electron chi connectivity index (χ1n) is 9.15. The zero-order chi connectivity index (χ0) is 20.8. The van der Waals surface area contributed by atoms with Crippen molar-refractivity contribution in [2.45, 2.75) is 45.6 Å². The molecule has 1 atom stereocenters. The van der Waals surface area contributed by atoms with Crippen molar-refractivity contribution in [2.75, 3.05) is 12.8 Å². The molecule has 1 aromatic carbocycles. The van der Waals surface area contributed by atoms with Gasteiger partial charge in [0.1, 0.15) is 12.4 Å². The average Bonchev–Trinajstić information content (AvgIpc) is 3.06. The molecule has 1 unspecified atom stereocenters. The lowest BCUT2D eigenvalue weighted by atomic mass is 9.94. The van der Waals surface area contributed by atoms with Crippen LogP contribution in [0, 0.1) is 25.7 Å². The Labute approximate surface area is 171 Å². The van der Waals surface area contributed by atoms with Crippen LogP contribution in [-0.2, 0) is 11.0 Å². The third kappa shape index (κ3) is 8.18. The second-order valence-corrected chi connectivity index (χ2v) is 10.3. The van der Waals surface area contributed by atoms with E-state index in [0.29, 0.717) is 19.4 Å². The number of benzene rings is 1. The summed E-state index contributed by atoms with van der Waals surface area (Å²) in [6.45, 7) is 6.29.